The molecule has 1 heterocycles. The molecule has 2 aliphatic rings. The van der Waals surface area contributed by atoms with E-state index in [1.54, 1.807) is 0 Å². The van der Waals surface area contributed by atoms with Crippen molar-refractivity contribution in [2.24, 2.45) is 17.3 Å². The Morgan fingerprint density at radius 1 is 1.13 bits per heavy atom. The second-order valence-corrected chi connectivity index (χ2v) is 6.13. The Morgan fingerprint density at radius 3 is 2.40 bits per heavy atom. The summed E-state index contributed by atoms with van der Waals surface area (Å²) in [5.41, 5.74) is 0.367. The molecule has 2 rings (SSSR count). The van der Waals surface area contributed by atoms with Crippen molar-refractivity contribution in [2.75, 3.05) is 6.61 Å². The highest BCUT2D eigenvalue weighted by Gasteiger charge is 2.43. The fraction of sp³-hybridized carbons (Fsp3) is 1.00. The van der Waals surface area contributed by atoms with Crippen molar-refractivity contribution >= 4 is 0 Å². The molecule has 4 unspecified atom stereocenters. The molecular formula is C13H24O2. The molecule has 15 heavy (non-hydrogen) atoms. The highest BCUT2D eigenvalue weighted by atomic mass is 16.7. The van der Waals surface area contributed by atoms with Crippen LogP contribution in [-0.4, -0.2) is 19.0 Å². The van der Waals surface area contributed by atoms with Crippen molar-refractivity contribution in [1.29, 1.82) is 0 Å². The minimum atomic E-state index is 0.0579. The summed E-state index contributed by atoms with van der Waals surface area (Å²) in [5, 5.41) is 0. The first kappa shape index (κ1) is 11.4. The summed E-state index contributed by atoms with van der Waals surface area (Å²) >= 11 is 0. The molecule has 88 valence electrons. The van der Waals surface area contributed by atoms with Gasteiger partial charge in [0.1, 0.15) is 0 Å². The van der Waals surface area contributed by atoms with Gasteiger partial charge in [-0.3, -0.25) is 0 Å². The second kappa shape index (κ2) is 4.06. The van der Waals surface area contributed by atoms with E-state index >= 15 is 0 Å². The van der Waals surface area contributed by atoms with Gasteiger partial charge in [0.2, 0.25) is 0 Å². The summed E-state index contributed by atoms with van der Waals surface area (Å²) < 4.78 is 11.6. The molecule has 4 atom stereocenters. The molecule has 2 heteroatoms. The molecule has 0 bridgehead atoms. The summed E-state index contributed by atoms with van der Waals surface area (Å²) in [7, 11) is 0. The molecule has 0 amide bonds. The lowest BCUT2D eigenvalue weighted by molar-refractivity contribution is -0.140. The first-order chi connectivity index (χ1) is 6.99. The predicted molar refractivity (Wildman–Crippen MR) is 60.6 cm³/mol. The van der Waals surface area contributed by atoms with Crippen LogP contribution in [-0.2, 0) is 9.47 Å². The zero-order chi connectivity index (χ0) is 11.1. The van der Waals surface area contributed by atoms with E-state index in [-0.39, 0.29) is 12.4 Å². The van der Waals surface area contributed by atoms with Gasteiger partial charge < -0.3 is 9.47 Å². The summed E-state index contributed by atoms with van der Waals surface area (Å²) in [6.07, 6.45) is 4.22. The van der Waals surface area contributed by atoms with Gasteiger partial charge in [0.25, 0.3) is 0 Å². The van der Waals surface area contributed by atoms with E-state index in [2.05, 4.69) is 27.7 Å². The monoisotopic (exact) mass is 212 g/mol. The van der Waals surface area contributed by atoms with Crippen LogP contribution in [0.25, 0.3) is 0 Å². The molecule has 0 aromatic heterocycles. The summed E-state index contributed by atoms with van der Waals surface area (Å²) in [6.45, 7) is 9.95. The minimum absolute atomic E-state index is 0.0579. The van der Waals surface area contributed by atoms with E-state index in [0.717, 1.165) is 12.5 Å². The molecule has 1 aliphatic heterocycles. The van der Waals surface area contributed by atoms with Crippen LogP contribution in [0, 0.1) is 17.3 Å². The average Bonchev–Trinajstić information content (AvgIpc) is 2.49. The predicted octanol–water partition coefficient (Wildman–Crippen LogP) is 3.21. The molecule has 1 saturated carbocycles. The third-order valence-electron chi connectivity index (χ3n) is 4.04. The van der Waals surface area contributed by atoms with Crippen LogP contribution < -0.4 is 0 Å². The van der Waals surface area contributed by atoms with Gasteiger partial charge >= 0.3 is 0 Å². The van der Waals surface area contributed by atoms with Crippen molar-refractivity contribution in [3.05, 3.63) is 0 Å². The van der Waals surface area contributed by atoms with Gasteiger partial charge in [-0.25, -0.2) is 0 Å². The summed E-state index contributed by atoms with van der Waals surface area (Å²) in [6, 6.07) is 0. The Morgan fingerprint density at radius 2 is 1.87 bits per heavy atom. The van der Waals surface area contributed by atoms with Crippen molar-refractivity contribution < 1.29 is 9.47 Å². The molecule has 0 aromatic carbocycles. The lowest BCUT2D eigenvalue weighted by Gasteiger charge is -2.43. The van der Waals surface area contributed by atoms with Crippen molar-refractivity contribution in [3.63, 3.8) is 0 Å². The average molecular weight is 212 g/mol. The smallest absolute Gasteiger partial charge is 0.161 e. The van der Waals surface area contributed by atoms with E-state index in [4.69, 9.17) is 9.47 Å². The van der Waals surface area contributed by atoms with Gasteiger partial charge in [0.05, 0.1) is 12.7 Å². The minimum Gasteiger partial charge on any atom is -0.350 e. The van der Waals surface area contributed by atoms with Gasteiger partial charge in [-0.2, -0.15) is 0 Å². The Hall–Kier alpha value is -0.0800. The van der Waals surface area contributed by atoms with Crippen molar-refractivity contribution in [1.82, 2.24) is 0 Å². The van der Waals surface area contributed by atoms with Crippen LogP contribution in [0.4, 0.5) is 0 Å². The zero-order valence-electron chi connectivity index (χ0n) is 10.5. The van der Waals surface area contributed by atoms with Crippen LogP contribution in [0.3, 0.4) is 0 Å². The Labute approximate surface area is 93.3 Å². The summed E-state index contributed by atoms with van der Waals surface area (Å²) in [5.74, 6) is 1.44. The largest absolute Gasteiger partial charge is 0.350 e. The first-order valence-corrected chi connectivity index (χ1v) is 6.26. The topological polar surface area (TPSA) is 18.5 Å². The molecule has 0 radical (unpaired) electrons. The van der Waals surface area contributed by atoms with E-state index < -0.39 is 0 Å². The van der Waals surface area contributed by atoms with Crippen LogP contribution in [0.2, 0.25) is 0 Å². The quantitative estimate of drug-likeness (QED) is 0.664. The highest BCUT2D eigenvalue weighted by molar-refractivity contribution is 4.88. The lowest BCUT2D eigenvalue weighted by atomic mass is 9.65. The van der Waals surface area contributed by atoms with Gasteiger partial charge in [0.15, 0.2) is 6.29 Å². The van der Waals surface area contributed by atoms with Crippen LogP contribution >= 0.6 is 0 Å². The maximum Gasteiger partial charge on any atom is 0.161 e. The third-order valence-corrected chi connectivity index (χ3v) is 4.04. The van der Waals surface area contributed by atoms with Gasteiger partial charge in [-0.05, 0) is 31.1 Å². The number of rotatable bonds is 1. The fourth-order valence-corrected chi connectivity index (χ4v) is 3.26. The number of ether oxygens (including phenoxy) is 2. The van der Waals surface area contributed by atoms with Crippen molar-refractivity contribution in [2.45, 2.75) is 59.4 Å². The number of hydrogen-bond donors (Lipinski definition) is 0. The second-order valence-electron chi connectivity index (χ2n) is 6.13. The maximum atomic E-state index is 5.85. The number of hydrogen-bond acceptors (Lipinski definition) is 2. The fourth-order valence-electron chi connectivity index (χ4n) is 3.26. The molecule has 1 saturated heterocycles. The van der Waals surface area contributed by atoms with Crippen LogP contribution in [0.5, 0.6) is 0 Å². The molecule has 0 N–H and O–H groups in total. The molecule has 0 aromatic rings. The Kier molecular flexibility index (Phi) is 3.09. The van der Waals surface area contributed by atoms with Gasteiger partial charge in [-0.1, -0.05) is 27.2 Å². The maximum absolute atomic E-state index is 5.85. The molecular weight excluding hydrogens is 188 g/mol. The highest BCUT2D eigenvalue weighted by Crippen LogP contribution is 2.46. The van der Waals surface area contributed by atoms with E-state index in [0.29, 0.717) is 11.3 Å². The summed E-state index contributed by atoms with van der Waals surface area (Å²) in [4.78, 5) is 0. The Balaban J connectivity index is 2.02. The van der Waals surface area contributed by atoms with Gasteiger partial charge in [0, 0.05) is 5.92 Å². The first-order valence-electron chi connectivity index (χ1n) is 6.26. The van der Waals surface area contributed by atoms with Crippen LogP contribution in [0.1, 0.15) is 47.0 Å². The van der Waals surface area contributed by atoms with E-state index in [9.17, 15) is 0 Å². The lowest BCUT2D eigenvalue weighted by Crippen LogP contribution is -2.39. The molecule has 0 spiro atoms. The SMILES string of the molecule is CC1CCC(C2OCC(C)O2)C(C)(C)C1. The normalized spacial score (nSPS) is 45.6. The standard InChI is InChI=1S/C13H24O2/c1-9-5-6-11(13(3,4)7-9)12-14-8-10(2)15-12/h9-12H,5-8H2,1-4H3. The zero-order valence-corrected chi connectivity index (χ0v) is 10.5. The molecule has 2 fully saturated rings. The van der Waals surface area contributed by atoms with Gasteiger partial charge in [-0.15, -0.1) is 0 Å². The van der Waals surface area contributed by atoms with E-state index in [1.807, 2.05) is 0 Å². The van der Waals surface area contributed by atoms with Crippen LogP contribution in [0.15, 0.2) is 0 Å². The van der Waals surface area contributed by atoms with E-state index in [1.165, 1.54) is 19.3 Å². The Bertz CT molecular complexity index is 225. The van der Waals surface area contributed by atoms with Crippen molar-refractivity contribution in [3.8, 4) is 0 Å². The third kappa shape index (κ3) is 2.36. The molecule has 1 aliphatic carbocycles. The molecule has 2 nitrogen and oxygen atoms in total.